The zero-order chi connectivity index (χ0) is 15.3. The smallest absolute Gasteiger partial charge is 0.230 e. The Morgan fingerprint density at radius 3 is 2.52 bits per heavy atom. The van der Waals surface area contributed by atoms with Gasteiger partial charge in [0.15, 0.2) is 0 Å². The van der Waals surface area contributed by atoms with Crippen LogP contribution in [-0.4, -0.2) is 25.7 Å². The average Bonchev–Trinajstić information content (AvgIpc) is 3.02. The van der Waals surface area contributed by atoms with Crippen molar-refractivity contribution >= 4 is 17.5 Å². The van der Waals surface area contributed by atoms with Gasteiger partial charge < -0.3 is 10.1 Å². The molecule has 2 rings (SSSR count). The Hall–Kier alpha value is -1.06. The van der Waals surface area contributed by atoms with Gasteiger partial charge in [0.1, 0.15) is 0 Å². The highest BCUT2D eigenvalue weighted by molar-refractivity contribution is 6.30. The molecule has 0 aliphatic carbocycles. The van der Waals surface area contributed by atoms with Crippen LogP contribution in [-0.2, 0) is 14.9 Å². The zero-order valence-electron chi connectivity index (χ0n) is 12.8. The predicted octanol–water partition coefficient (Wildman–Crippen LogP) is 3.55. The molecule has 1 aliphatic rings. The highest BCUT2D eigenvalue weighted by Crippen LogP contribution is 2.33. The van der Waals surface area contributed by atoms with E-state index in [0.29, 0.717) is 17.5 Å². The molecule has 1 amide bonds. The van der Waals surface area contributed by atoms with Gasteiger partial charge in [-0.1, -0.05) is 37.6 Å². The molecule has 1 saturated heterocycles. The molecule has 0 radical (unpaired) electrons. The van der Waals surface area contributed by atoms with Crippen LogP contribution in [0.5, 0.6) is 0 Å². The summed E-state index contributed by atoms with van der Waals surface area (Å²) in [5.41, 5.74) is 0.571. The van der Waals surface area contributed by atoms with Crippen molar-refractivity contribution in [2.75, 3.05) is 19.8 Å². The highest BCUT2D eigenvalue weighted by Gasteiger charge is 2.36. The maximum Gasteiger partial charge on any atom is 0.230 e. The molecule has 0 saturated carbocycles. The summed E-state index contributed by atoms with van der Waals surface area (Å²) in [5.74, 6) is 0.562. The number of rotatable bonds is 6. The van der Waals surface area contributed by atoms with Crippen LogP contribution < -0.4 is 5.32 Å². The van der Waals surface area contributed by atoms with E-state index in [9.17, 15) is 4.79 Å². The van der Waals surface area contributed by atoms with Gasteiger partial charge in [0.05, 0.1) is 12.0 Å². The molecule has 3 nitrogen and oxygen atoms in total. The van der Waals surface area contributed by atoms with Crippen LogP contribution in [0, 0.1) is 5.92 Å². The summed E-state index contributed by atoms with van der Waals surface area (Å²) in [4.78, 5) is 12.8. The first-order chi connectivity index (χ1) is 10.1. The van der Waals surface area contributed by atoms with Gasteiger partial charge in [-0.3, -0.25) is 4.79 Å². The second kappa shape index (κ2) is 7.28. The van der Waals surface area contributed by atoms with E-state index in [1.807, 2.05) is 24.3 Å². The zero-order valence-corrected chi connectivity index (χ0v) is 13.6. The fourth-order valence-electron chi connectivity index (χ4n) is 3.03. The van der Waals surface area contributed by atoms with Crippen LogP contribution >= 0.6 is 11.6 Å². The lowest BCUT2D eigenvalue weighted by Crippen LogP contribution is -2.45. The predicted molar refractivity (Wildman–Crippen MR) is 85.6 cm³/mol. The van der Waals surface area contributed by atoms with Crippen molar-refractivity contribution < 1.29 is 9.53 Å². The minimum absolute atomic E-state index is 0.113. The van der Waals surface area contributed by atoms with Crippen molar-refractivity contribution in [2.24, 2.45) is 5.92 Å². The summed E-state index contributed by atoms with van der Waals surface area (Å²) < 4.78 is 5.36. The molecular weight excluding hydrogens is 286 g/mol. The van der Waals surface area contributed by atoms with E-state index >= 15 is 0 Å². The number of hydrogen-bond acceptors (Lipinski definition) is 2. The van der Waals surface area contributed by atoms with Crippen molar-refractivity contribution in [1.29, 1.82) is 0 Å². The largest absolute Gasteiger partial charge is 0.381 e. The Bertz CT molecular complexity index is 462. The lowest BCUT2D eigenvalue weighted by Gasteiger charge is -2.31. The van der Waals surface area contributed by atoms with Gasteiger partial charge >= 0.3 is 0 Å². The average molecular weight is 310 g/mol. The molecule has 0 aromatic heterocycles. The summed E-state index contributed by atoms with van der Waals surface area (Å²) in [5, 5.41) is 3.83. The second-order valence-corrected chi connectivity index (χ2v) is 6.17. The van der Waals surface area contributed by atoms with E-state index in [4.69, 9.17) is 16.3 Å². The minimum Gasteiger partial charge on any atom is -0.381 e. The quantitative estimate of drug-likeness (QED) is 0.872. The van der Waals surface area contributed by atoms with E-state index in [0.717, 1.165) is 38.0 Å². The number of benzene rings is 1. The third kappa shape index (κ3) is 3.58. The van der Waals surface area contributed by atoms with Gasteiger partial charge in [-0.25, -0.2) is 0 Å². The molecule has 1 fully saturated rings. The fourth-order valence-corrected chi connectivity index (χ4v) is 3.16. The molecular formula is C17H24ClNO2. The maximum atomic E-state index is 12.8. The molecule has 0 bridgehead atoms. The monoisotopic (exact) mass is 309 g/mol. The number of nitrogens with one attached hydrogen (secondary N) is 1. The van der Waals surface area contributed by atoms with Crippen molar-refractivity contribution in [1.82, 2.24) is 5.32 Å². The Morgan fingerprint density at radius 2 is 2.00 bits per heavy atom. The van der Waals surface area contributed by atoms with E-state index in [2.05, 4.69) is 19.2 Å². The molecule has 1 aromatic carbocycles. The van der Waals surface area contributed by atoms with Crippen molar-refractivity contribution in [3.63, 3.8) is 0 Å². The topological polar surface area (TPSA) is 38.3 Å². The molecule has 116 valence electrons. The summed E-state index contributed by atoms with van der Waals surface area (Å²) in [6.07, 6.45) is 2.59. The Labute approximate surface area is 132 Å². The molecule has 1 aliphatic heterocycles. The first kappa shape index (κ1) is 16.3. The van der Waals surface area contributed by atoms with Crippen LogP contribution in [0.25, 0.3) is 0 Å². The van der Waals surface area contributed by atoms with E-state index in [1.165, 1.54) is 0 Å². The third-order valence-corrected chi connectivity index (χ3v) is 4.87. The number of ether oxygens (including phenoxy) is 1. The Morgan fingerprint density at radius 1 is 1.33 bits per heavy atom. The first-order valence-corrected chi connectivity index (χ1v) is 8.12. The Balaban J connectivity index is 2.11. The third-order valence-electron chi connectivity index (χ3n) is 4.61. The van der Waals surface area contributed by atoms with Crippen molar-refractivity contribution in [3.8, 4) is 0 Å². The van der Waals surface area contributed by atoms with Gasteiger partial charge in [0, 0.05) is 24.1 Å². The van der Waals surface area contributed by atoms with Gasteiger partial charge in [-0.2, -0.15) is 0 Å². The van der Waals surface area contributed by atoms with Gasteiger partial charge in [-0.15, -0.1) is 0 Å². The number of halogens is 1. The SMILES string of the molecule is CCC(CC)(C(=O)NCC1CCOC1)c1ccc(Cl)cc1. The number of hydrogen-bond donors (Lipinski definition) is 1. The molecule has 21 heavy (non-hydrogen) atoms. The van der Waals surface area contributed by atoms with E-state index < -0.39 is 5.41 Å². The normalized spacial score (nSPS) is 18.7. The number of amides is 1. The summed E-state index contributed by atoms with van der Waals surface area (Å²) in [7, 11) is 0. The highest BCUT2D eigenvalue weighted by atomic mass is 35.5. The van der Waals surface area contributed by atoms with Gasteiger partial charge in [0.2, 0.25) is 5.91 Å². The molecule has 1 unspecified atom stereocenters. The lowest BCUT2D eigenvalue weighted by atomic mass is 9.75. The number of carbonyl (C=O) groups excluding carboxylic acids is 1. The number of carbonyl (C=O) groups is 1. The summed E-state index contributed by atoms with van der Waals surface area (Å²) >= 11 is 5.96. The molecule has 4 heteroatoms. The summed E-state index contributed by atoms with van der Waals surface area (Å²) in [6.45, 7) is 6.40. The lowest BCUT2D eigenvalue weighted by molar-refractivity contribution is -0.127. The minimum atomic E-state index is -0.468. The van der Waals surface area contributed by atoms with Gasteiger partial charge in [0.25, 0.3) is 0 Å². The van der Waals surface area contributed by atoms with Crippen LogP contribution in [0.3, 0.4) is 0 Å². The van der Waals surface area contributed by atoms with E-state index in [1.54, 1.807) is 0 Å². The second-order valence-electron chi connectivity index (χ2n) is 5.74. The molecule has 0 spiro atoms. The van der Waals surface area contributed by atoms with Crippen molar-refractivity contribution in [2.45, 2.75) is 38.5 Å². The molecule has 1 aromatic rings. The molecule has 1 N–H and O–H groups in total. The van der Waals surface area contributed by atoms with Crippen LogP contribution in [0.15, 0.2) is 24.3 Å². The fraction of sp³-hybridized carbons (Fsp3) is 0.588. The van der Waals surface area contributed by atoms with Crippen LogP contribution in [0.2, 0.25) is 5.02 Å². The molecule has 1 atom stereocenters. The standard InChI is InChI=1S/C17H24ClNO2/c1-3-17(4-2,14-5-7-15(18)8-6-14)16(20)19-11-13-9-10-21-12-13/h5-8,13H,3-4,9-12H2,1-2H3,(H,19,20). The van der Waals surface area contributed by atoms with Crippen molar-refractivity contribution in [3.05, 3.63) is 34.9 Å². The van der Waals surface area contributed by atoms with E-state index in [-0.39, 0.29) is 5.91 Å². The van der Waals surface area contributed by atoms with Crippen LogP contribution in [0.4, 0.5) is 0 Å². The summed E-state index contributed by atoms with van der Waals surface area (Å²) in [6, 6.07) is 7.64. The van der Waals surface area contributed by atoms with Gasteiger partial charge in [-0.05, 0) is 37.0 Å². The maximum absolute atomic E-state index is 12.8. The molecule has 1 heterocycles. The Kier molecular flexibility index (Phi) is 5.65. The van der Waals surface area contributed by atoms with Crippen LogP contribution in [0.1, 0.15) is 38.7 Å². The first-order valence-electron chi connectivity index (χ1n) is 7.74.